The van der Waals surface area contributed by atoms with Crippen molar-refractivity contribution in [1.29, 1.82) is 0 Å². The Kier molecular flexibility index (Phi) is 6.63. The first kappa shape index (κ1) is 17.8. The Bertz CT molecular complexity index is 717. The number of amides is 1. The van der Waals surface area contributed by atoms with Gasteiger partial charge in [0, 0.05) is 5.56 Å². The number of ether oxygens (including phenoxy) is 2. The van der Waals surface area contributed by atoms with Crippen molar-refractivity contribution < 1.29 is 14.3 Å². The average Bonchev–Trinajstić information content (AvgIpc) is 2.55. The number of hydrogen-bond donors (Lipinski definition) is 1. The molecule has 2 aromatic carbocycles. The maximum absolute atomic E-state index is 11.8. The molecule has 0 fully saturated rings. The van der Waals surface area contributed by atoms with E-state index in [1.807, 2.05) is 38.1 Å². The summed E-state index contributed by atoms with van der Waals surface area (Å²) in [6.45, 7) is 3.72. The SMILES string of the molecule is CC(C)Oc1ccccc1C=NNC(=O)COc1ccccc1Cl. The Labute approximate surface area is 146 Å². The minimum absolute atomic E-state index is 0.0539. The number of nitrogens with one attached hydrogen (secondary N) is 1. The first-order valence-corrected chi connectivity index (χ1v) is 7.89. The Hall–Kier alpha value is -2.53. The quantitative estimate of drug-likeness (QED) is 0.615. The van der Waals surface area contributed by atoms with Crippen molar-refractivity contribution in [2.45, 2.75) is 20.0 Å². The fourth-order valence-corrected chi connectivity index (χ4v) is 2.05. The van der Waals surface area contributed by atoms with Gasteiger partial charge in [0.15, 0.2) is 6.61 Å². The second kappa shape index (κ2) is 8.93. The van der Waals surface area contributed by atoms with E-state index in [2.05, 4.69) is 10.5 Å². The largest absolute Gasteiger partial charge is 0.490 e. The van der Waals surface area contributed by atoms with E-state index in [0.717, 1.165) is 5.56 Å². The van der Waals surface area contributed by atoms with Gasteiger partial charge in [-0.1, -0.05) is 35.9 Å². The molecule has 0 heterocycles. The molecule has 24 heavy (non-hydrogen) atoms. The molecule has 1 amide bonds. The van der Waals surface area contributed by atoms with Crippen molar-refractivity contribution in [3.63, 3.8) is 0 Å². The maximum Gasteiger partial charge on any atom is 0.277 e. The molecule has 126 valence electrons. The lowest BCUT2D eigenvalue weighted by atomic mass is 10.2. The summed E-state index contributed by atoms with van der Waals surface area (Å²) < 4.78 is 11.0. The minimum Gasteiger partial charge on any atom is -0.490 e. The smallest absolute Gasteiger partial charge is 0.277 e. The first-order valence-electron chi connectivity index (χ1n) is 7.51. The highest BCUT2D eigenvalue weighted by Gasteiger charge is 2.05. The van der Waals surface area contributed by atoms with Gasteiger partial charge in [-0.05, 0) is 38.1 Å². The Morgan fingerprint density at radius 3 is 2.54 bits per heavy atom. The molecule has 0 spiro atoms. The van der Waals surface area contributed by atoms with Crippen molar-refractivity contribution in [2.24, 2.45) is 5.10 Å². The monoisotopic (exact) mass is 346 g/mol. The summed E-state index contributed by atoms with van der Waals surface area (Å²) in [5.74, 6) is 0.778. The highest BCUT2D eigenvalue weighted by Crippen LogP contribution is 2.22. The van der Waals surface area contributed by atoms with E-state index >= 15 is 0 Å². The van der Waals surface area contributed by atoms with Crippen molar-refractivity contribution in [2.75, 3.05) is 6.61 Å². The van der Waals surface area contributed by atoms with Crippen LogP contribution in [0.1, 0.15) is 19.4 Å². The van der Waals surface area contributed by atoms with E-state index in [4.69, 9.17) is 21.1 Å². The minimum atomic E-state index is -0.381. The van der Waals surface area contributed by atoms with Crippen LogP contribution in [0.5, 0.6) is 11.5 Å². The van der Waals surface area contributed by atoms with E-state index in [9.17, 15) is 4.79 Å². The molecule has 2 rings (SSSR count). The van der Waals surface area contributed by atoms with Crippen LogP contribution in [0.25, 0.3) is 0 Å². The third-order valence-corrected chi connectivity index (χ3v) is 3.18. The highest BCUT2D eigenvalue weighted by atomic mass is 35.5. The van der Waals surface area contributed by atoms with Crippen LogP contribution in [-0.2, 0) is 4.79 Å². The van der Waals surface area contributed by atoms with Crippen LogP contribution in [0, 0.1) is 0 Å². The predicted molar refractivity (Wildman–Crippen MR) is 94.9 cm³/mol. The lowest BCUT2D eigenvalue weighted by Gasteiger charge is -2.11. The molecule has 5 nitrogen and oxygen atoms in total. The van der Waals surface area contributed by atoms with Crippen LogP contribution in [0.4, 0.5) is 0 Å². The van der Waals surface area contributed by atoms with Crippen molar-refractivity contribution in [3.05, 3.63) is 59.1 Å². The Morgan fingerprint density at radius 2 is 1.83 bits per heavy atom. The van der Waals surface area contributed by atoms with Gasteiger partial charge in [0.2, 0.25) is 0 Å². The van der Waals surface area contributed by atoms with Crippen LogP contribution in [-0.4, -0.2) is 24.8 Å². The summed E-state index contributed by atoms with van der Waals surface area (Å²) in [4.78, 5) is 11.8. The number of carbonyl (C=O) groups is 1. The number of carbonyl (C=O) groups excluding carboxylic acids is 1. The lowest BCUT2D eigenvalue weighted by Crippen LogP contribution is -2.24. The number of hydrogen-bond acceptors (Lipinski definition) is 4. The molecule has 0 aliphatic heterocycles. The van der Waals surface area contributed by atoms with Crippen LogP contribution in [0.3, 0.4) is 0 Å². The Morgan fingerprint density at radius 1 is 1.17 bits per heavy atom. The zero-order valence-corrected chi connectivity index (χ0v) is 14.3. The van der Waals surface area contributed by atoms with E-state index in [0.29, 0.717) is 16.5 Å². The molecule has 0 aromatic heterocycles. The maximum atomic E-state index is 11.8. The standard InChI is InChI=1S/C18H19ClN2O3/c1-13(2)24-16-9-5-3-7-14(16)11-20-21-18(22)12-23-17-10-6-4-8-15(17)19/h3-11,13H,12H2,1-2H3,(H,21,22). The average molecular weight is 347 g/mol. The highest BCUT2D eigenvalue weighted by molar-refractivity contribution is 6.32. The van der Waals surface area contributed by atoms with Crippen molar-refractivity contribution >= 4 is 23.7 Å². The summed E-state index contributed by atoms with van der Waals surface area (Å²) in [5, 5.41) is 4.38. The number of benzene rings is 2. The van der Waals surface area contributed by atoms with Gasteiger partial charge < -0.3 is 9.47 Å². The predicted octanol–water partition coefficient (Wildman–Crippen LogP) is 3.66. The van der Waals surface area contributed by atoms with Gasteiger partial charge in [0.05, 0.1) is 17.3 Å². The van der Waals surface area contributed by atoms with Gasteiger partial charge in [0.1, 0.15) is 11.5 Å². The van der Waals surface area contributed by atoms with Crippen molar-refractivity contribution in [3.8, 4) is 11.5 Å². The van der Waals surface area contributed by atoms with Crippen molar-refractivity contribution in [1.82, 2.24) is 5.43 Å². The van der Waals surface area contributed by atoms with Crippen LogP contribution in [0.15, 0.2) is 53.6 Å². The molecular weight excluding hydrogens is 328 g/mol. The van der Waals surface area contributed by atoms with Gasteiger partial charge in [-0.15, -0.1) is 0 Å². The molecule has 0 bridgehead atoms. The topological polar surface area (TPSA) is 59.9 Å². The van der Waals surface area contributed by atoms with E-state index in [1.54, 1.807) is 24.3 Å². The summed E-state index contributed by atoms with van der Waals surface area (Å²) in [6.07, 6.45) is 1.59. The number of para-hydroxylation sites is 2. The molecule has 0 saturated heterocycles. The third kappa shape index (κ3) is 5.59. The molecule has 0 aliphatic carbocycles. The summed E-state index contributed by atoms with van der Waals surface area (Å²) in [5.41, 5.74) is 3.18. The van der Waals surface area contributed by atoms with Crippen LogP contribution in [0.2, 0.25) is 5.02 Å². The molecule has 0 saturated carbocycles. The zero-order chi connectivity index (χ0) is 17.4. The van der Waals surface area contributed by atoms with E-state index < -0.39 is 0 Å². The Balaban J connectivity index is 1.88. The van der Waals surface area contributed by atoms with E-state index in [-0.39, 0.29) is 18.6 Å². The van der Waals surface area contributed by atoms with Gasteiger partial charge in [-0.25, -0.2) is 5.43 Å². The number of hydrazone groups is 1. The molecular formula is C18H19ClN2O3. The summed E-state index contributed by atoms with van der Waals surface area (Å²) >= 11 is 5.95. The second-order valence-electron chi connectivity index (χ2n) is 5.22. The molecule has 2 aromatic rings. The summed E-state index contributed by atoms with van der Waals surface area (Å²) in [7, 11) is 0. The fraction of sp³-hybridized carbons (Fsp3) is 0.222. The second-order valence-corrected chi connectivity index (χ2v) is 5.62. The van der Waals surface area contributed by atoms with Crippen LogP contribution < -0.4 is 14.9 Å². The van der Waals surface area contributed by atoms with Crippen LogP contribution >= 0.6 is 11.6 Å². The van der Waals surface area contributed by atoms with E-state index in [1.165, 1.54) is 6.21 Å². The lowest BCUT2D eigenvalue weighted by molar-refractivity contribution is -0.123. The zero-order valence-electron chi connectivity index (χ0n) is 13.5. The van der Waals surface area contributed by atoms with Gasteiger partial charge >= 0.3 is 0 Å². The number of nitrogens with zero attached hydrogens (tertiary/aromatic N) is 1. The van der Waals surface area contributed by atoms with Gasteiger partial charge in [-0.3, -0.25) is 4.79 Å². The number of halogens is 1. The molecule has 0 atom stereocenters. The first-order chi connectivity index (χ1) is 11.6. The molecule has 0 aliphatic rings. The summed E-state index contributed by atoms with van der Waals surface area (Å²) in [6, 6.07) is 14.4. The third-order valence-electron chi connectivity index (χ3n) is 2.87. The number of rotatable bonds is 7. The molecule has 6 heteroatoms. The van der Waals surface area contributed by atoms with Gasteiger partial charge in [0.25, 0.3) is 5.91 Å². The molecule has 0 radical (unpaired) electrons. The molecule has 0 unspecified atom stereocenters. The molecule has 1 N–H and O–H groups in total. The normalized spacial score (nSPS) is 10.8. The fourth-order valence-electron chi connectivity index (χ4n) is 1.86. The van der Waals surface area contributed by atoms with Gasteiger partial charge in [-0.2, -0.15) is 5.10 Å².